The third kappa shape index (κ3) is 2.77. The maximum Gasteiger partial charge on any atom is 1.00 e. The zero-order valence-electron chi connectivity index (χ0n) is 12.9. The molecule has 1 heterocycles. The van der Waals surface area contributed by atoms with E-state index in [9.17, 15) is 14.7 Å². The van der Waals surface area contributed by atoms with Crippen LogP contribution in [0.2, 0.25) is 0 Å². The maximum absolute atomic E-state index is 11.4. The second-order valence-corrected chi connectivity index (χ2v) is 5.78. The molecule has 22 heavy (non-hydrogen) atoms. The fraction of sp³-hybridized carbons (Fsp3) is 0.500. The molecule has 0 amide bonds. The topological polar surface area (TPSA) is 75.7 Å². The van der Waals surface area contributed by atoms with E-state index in [1.165, 1.54) is 19.6 Å². The standard InChI is InChI=1S/C16H18O5.Na/c1-20-13-7-10(15(18)19)12(9-17)14-11(13)8-16(21-14)5-3-2-4-6-16;/h7,9H,2-6,8H2,1H3,(H,18,19);/q;+1/p-1. The monoisotopic (exact) mass is 312 g/mol. The fourth-order valence-corrected chi connectivity index (χ4v) is 3.49. The van der Waals surface area contributed by atoms with E-state index >= 15 is 0 Å². The van der Waals surface area contributed by atoms with Crippen LogP contribution >= 0.6 is 0 Å². The molecule has 1 aliphatic heterocycles. The number of carboxylic acid groups (broad SMARTS) is 1. The summed E-state index contributed by atoms with van der Waals surface area (Å²) >= 11 is 0. The Labute approximate surface area is 151 Å². The van der Waals surface area contributed by atoms with Crippen LogP contribution in [0, 0.1) is 0 Å². The number of carboxylic acids is 1. The molecule has 0 unspecified atom stereocenters. The van der Waals surface area contributed by atoms with Crippen LogP contribution in [0.5, 0.6) is 11.5 Å². The van der Waals surface area contributed by atoms with Crippen molar-refractivity contribution in [2.24, 2.45) is 0 Å². The van der Waals surface area contributed by atoms with Crippen molar-refractivity contribution in [1.29, 1.82) is 0 Å². The molecule has 0 saturated heterocycles. The van der Waals surface area contributed by atoms with Crippen LogP contribution < -0.4 is 44.1 Å². The SMILES string of the molecule is COc1cc(C(=O)[O-])c(C=O)c2c1CC1(CCCCC1)O2.[Na+]. The van der Waals surface area contributed by atoms with Gasteiger partial charge < -0.3 is 19.4 Å². The van der Waals surface area contributed by atoms with Gasteiger partial charge in [-0.15, -0.1) is 0 Å². The Kier molecular flexibility index (Phi) is 5.20. The number of aromatic carboxylic acids is 1. The first-order valence-corrected chi connectivity index (χ1v) is 7.19. The molecule has 0 atom stereocenters. The molecular formula is C16H17NaO5. The van der Waals surface area contributed by atoms with Crippen molar-refractivity contribution in [2.75, 3.05) is 7.11 Å². The molecule has 5 nitrogen and oxygen atoms in total. The summed E-state index contributed by atoms with van der Waals surface area (Å²) in [6, 6.07) is 1.36. The molecular weight excluding hydrogens is 295 g/mol. The van der Waals surface area contributed by atoms with Crippen molar-refractivity contribution >= 4 is 12.3 Å². The summed E-state index contributed by atoms with van der Waals surface area (Å²) in [6.45, 7) is 0. The Morgan fingerprint density at radius 2 is 2.05 bits per heavy atom. The zero-order chi connectivity index (χ0) is 15.0. The number of ether oxygens (including phenoxy) is 2. The summed E-state index contributed by atoms with van der Waals surface area (Å²) in [5, 5.41) is 11.2. The smallest absolute Gasteiger partial charge is 0.545 e. The Hall–Kier alpha value is -1.04. The number of aldehydes is 1. The van der Waals surface area contributed by atoms with Crippen molar-refractivity contribution in [1.82, 2.24) is 0 Å². The van der Waals surface area contributed by atoms with E-state index in [0.29, 0.717) is 24.2 Å². The predicted molar refractivity (Wildman–Crippen MR) is 72.9 cm³/mol. The van der Waals surface area contributed by atoms with E-state index in [0.717, 1.165) is 31.2 Å². The Balaban J connectivity index is 0.00000176. The van der Waals surface area contributed by atoms with Gasteiger partial charge in [-0.25, -0.2) is 0 Å². The summed E-state index contributed by atoms with van der Waals surface area (Å²) in [7, 11) is 1.49. The van der Waals surface area contributed by atoms with Gasteiger partial charge in [0.15, 0.2) is 6.29 Å². The quantitative estimate of drug-likeness (QED) is 0.502. The number of methoxy groups -OCH3 is 1. The molecule has 0 N–H and O–H groups in total. The Morgan fingerprint density at radius 1 is 1.36 bits per heavy atom. The number of carbonyl (C=O) groups is 2. The largest absolute Gasteiger partial charge is 1.00 e. The Morgan fingerprint density at radius 3 is 2.59 bits per heavy atom. The molecule has 1 aliphatic carbocycles. The first-order valence-electron chi connectivity index (χ1n) is 7.19. The van der Waals surface area contributed by atoms with E-state index in [1.807, 2.05) is 0 Å². The molecule has 1 spiro atoms. The predicted octanol–water partition coefficient (Wildman–Crippen LogP) is -1.49. The van der Waals surface area contributed by atoms with E-state index < -0.39 is 5.97 Å². The number of hydrogen-bond donors (Lipinski definition) is 0. The first kappa shape index (κ1) is 17.3. The molecule has 1 aromatic carbocycles. The van der Waals surface area contributed by atoms with Crippen LogP contribution in [0.1, 0.15) is 58.4 Å². The van der Waals surface area contributed by atoms with Crippen LogP contribution in [0.15, 0.2) is 6.07 Å². The molecule has 6 heteroatoms. The molecule has 112 valence electrons. The van der Waals surface area contributed by atoms with E-state index in [-0.39, 0.29) is 46.3 Å². The zero-order valence-corrected chi connectivity index (χ0v) is 14.9. The molecule has 3 rings (SSSR count). The van der Waals surface area contributed by atoms with Crippen LogP contribution in [0.3, 0.4) is 0 Å². The molecule has 1 fully saturated rings. The number of fused-ring (bicyclic) bond motifs is 1. The minimum absolute atomic E-state index is 0. The molecule has 0 bridgehead atoms. The van der Waals surface area contributed by atoms with Gasteiger partial charge in [0.25, 0.3) is 0 Å². The van der Waals surface area contributed by atoms with Gasteiger partial charge in [0.05, 0.1) is 18.6 Å². The van der Waals surface area contributed by atoms with E-state index in [2.05, 4.69) is 0 Å². The van der Waals surface area contributed by atoms with Gasteiger partial charge in [0.2, 0.25) is 0 Å². The third-order valence-corrected chi connectivity index (χ3v) is 4.52. The first-order chi connectivity index (χ1) is 10.1. The fourth-order valence-electron chi connectivity index (χ4n) is 3.49. The second-order valence-electron chi connectivity index (χ2n) is 5.78. The Bertz CT molecular complexity index is 605. The normalized spacial score (nSPS) is 18.0. The summed E-state index contributed by atoms with van der Waals surface area (Å²) in [6.07, 6.45) is 6.39. The molecule has 1 saturated carbocycles. The van der Waals surface area contributed by atoms with Crippen molar-refractivity contribution in [3.8, 4) is 11.5 Å². The molecule has 2 aliphatic rings. The van der Waals surface area contributed by atoms with Crippen molar-refractivity contribution < 1.29 is 53.7 Å². The minimum atomic E-state index is -1.40. The van der Waals surface area contributed by atoms with Gasteiger partial charge in [-0.1, -0.05) is 6.42 Å². The summed E-state index contributed by atoms with van der Waals surface area (Å²) in [5.41, 5.74) is 0.379. The second kappa shape index (κ2) is 6.60. The molecule has 1 aromatic rings. The number of hydrogen-bond acceptors (Lipinski definition) is 5. The summed E-state index contributed by atoms with van der Waals surface area (Å²) in [4.78, 5) is 22.6. The summed E-state index contributed by atoms with van der Waals surface area (Å²) in [5.74, 6) is -0.575. The van der Waals surface area contributed by atoms with Crippen molar-refractivity contribution in [2.45, 2.75) is 44.1 Å². The number of rotatable bonds is 3. The molecule has 0 radical (unpaired) electrons. The maximum atomic E-state index is 11.4. The average molecular weight is 312 g/mol. The van der Waals surface area contributed by atoms with E-state index in [1.54, 1.807) is 0 Å². The van der Waals surface area contributed by atoms with Crippen molar-refractivity contribution in [3.63, 3.8) is 0 Å². The van der Waals surface area contributed by atoms with Crippen LogP contribution in [-0.2, 0) is 6.42 Å². The molecule has 0 aromatic heterocycles. The van der Waals surface area contributed by atoms with Gasteiger partial charge >= 0.3 is 29.6 Å². The van der Waals surface area contributed by atoms with Gasteiger partial charge in [0, 0.05) is 17.5 Å². The third-order valence-electron chi connectivity index (χ3n) is 4.52. The van der Waals surface area contributed by atoms with Gasteiger partial charge in [-0.05, 0) is 31.7 Å². The van der Waals surface area contributed by atoms with Gasteiger partial charge in [-0.2, -0.15) is 0 Å². The van der Waals surface area contributed by atoms with Crippen LogP contribution in [-0.4, -0.2) is 25.0 Å². The van der Waals surface area contributed by atoms with E-state index in [4.69, 9.17) is 9.47 Å². The van der Waals surface area contributed by atoms with Gasteiger partial charge in [-0.3, -0.25) is 4.79 Å². The van der Waals surface area contributed by atoms with Gasteiger partial charge in [0.1, 0.15) is 17.1 Å². The van der Waals surface area contributed by atoms with Crippen LogP contribution in [0.25, 0.3) is 0 Å². The number of benzene rings is 1. The minimum Gasteiger partial charge on any atom is -0.545 e. The van der Waals surface area contributed by atoms with Crippen molar-refractivity contribution in [3.05, 3.63) is 22.8 Å². The number of carbonyl (C=O) groups excluding carboxylic acids is 2. The average Bonchev–Trinajstić information content (AvgIpc) is 2.84. The summed E-state index contributed by atoms with van der Waals surface area (Å²) < 4.78 is 11.4. The van der Waals surface area contributed by atoms with Crippen LogP contribution in [0.4, 0.5) is 0 Å².